The number of carboxylic acid groups (broad SMARTS) is 1. The van der Waals surface area contributed by atoms with Gasteiger partial charge >= 0.3 is 11.9 Å². The summed E-state index contributed by atoms with van der Waals surface area (Å²) in [7, 11) is 0. The predicted octanol–water partition coefficient (Wildman–Crippen LogP) is 1.98. The van der Waals surface area contributed by atoms with E-state index in [1.165, 1.54) is 0 Å². The summed E-state index contributed by atoms with van der Waals surface area (Å²) < 4.78 is 4.97. The van der Waals surface area contributed by atoms with Crippen molar-refractivity contribution in [3.63, 3.8) is 0 Å². The summed E-state index contributed by atoms with van der Waals surface area (Å²) in [5.41, 5.74) is 2.13. The third-order valence-electron chi connectivity index (χ3n) is 2.35. The summed E-state index contributed by atoms with van der Waals surface area (Å²) in [5.74, 6) is -1.24. The third kappa shape index (κ3) is 4.82. The Balaban J connectivity index is 2.42. The molecule has 0 aromatic heterocycles. The van der Waals surface area contributed by atoms with Crippen LogP contribution in [0, 0.1) is 0 Å². The van der Waals surface area contributed by atoms with Crippen LogP contribution in [0.2, 0.25) is 0 Å². The molecule has 96 valence electrons. The van der Waals surface area contributed by atoms with E-state index in [0.29, 0.717) is 18.6 Å². The first-order valence-corrected chi connectivity index (χ1v) is 5.61. The van der Waals surface area contributed by atoms with Crippen molar-refractivity contribution < 1.29 is 19.4 Å². The predicted molar refractivity (Wildman–Crippen MR) is 67.3 cm³/mol. The fraction of sp³-hybridized carbons (Fsp3) is 0.286. The zero-order chi connectivity index (χ0) is 13.5. The van der Waals surface area contributed by atoms with Crippen LogP contribution in [0.1, 0.15) is 18.1 Å². The minimum atomic E-state index is -0.849. The van der Waals surface area contributed by atoms with E-state index in [9.17, 15) is 9.59 Å². The maximum absolute atomic E-state index is 11.1. The molecule has 0 unspecified atom stereocenters. The Morgan fingerprint density at radius 3 is 2.28 bits per heavy atom. The van der Waals surface area contributed by atoms with E-state index >= 15 is 0 Å². The largest absolute Gasteiger partial charge is 0.481 e. The van der Waals surface area contributed by atoms with Gasteiger partial charge in [0, 0.05) is 12.0 Å². The quantitative estimate of drug-likeness (QED) is 0.617. The standard InChI is InChI=1S/C14H16O4/c1-10(2)14(17)18-8-7-11-3-5-12(6-4-11)9-13(15)16/h3-6H,1,7-9H2,2H3,(H,15,16). The van der Waals surface area contributed by atoms with Crippen molar-refractivity contribution in [3.05, 3.63) is 47.5 Å². The molecule has 1 rings (SSSR count). The van der Waals surface area contributed by atoms with E-state index in [1.54, 1.807) is 19.1 Å². The minimum Gasteiger partial charge on any atom is -0.481 e. The molecule has 0 aliphatic rings. The second-order valence-corrected chi connectivity index (χ2v) is 4.05. The molecule has 4 nitrogen and oxygen atoms in total. The highest BCUT2D eigenvalue weighted by Gasteiger charge is 2.03. The van der Waals surface area contributed by atoms with Crippen molar-refractivity contribution in [2.45, 2.75) is 19.8 Å². The number of carbonyl (C=O) groups excluding carboxylic acids is 1. The molecule has 0 atom stereocenters. The molecule has 18 heavy (non-hydrogen) atoms. The number of aliphatic carboxylic acids is 1. The number of carbonyl (C=O) groups is 2. The summed E-state index contributed by atoms with van der Waals surface area (Å²) in [5, 5.41) is 8.62. The third-order valence-corrected chi connectivity index (χ3v) is 2.35. The molecule has 0 aliphatic heterocycles. The van der Waals surface area contributed by atoms with Crippen LogP contribution in [0.5, 0.6) is 0 Å². The summed E-state index contributed by atoms with van der Waals surface area (Å²) in [6, 6.07) is 7.22. The second kappa shape index (κ2) is 6.59. The molecule has 0 spiro atoms. The van der Waals surface area contributed by atoms with Crippen molar-refractivity contribution in [2.24, 2.45) is 0 Å². The summed E-state index contributed by atoms with van der Waals surface area (Å²) in [6.45, 7) is 5.39. The maximum atomic E-state index is 11.1. The lowest BCUT2D eigenvalue weighted by atomic mass is 10.1. The van der Waals surface area contributed by atoms with E-state index in [-0.39, 0.29) is 6.42 Å². The van der Waals surface area contributed by atoms with Gasteiger partial charge in [-0.05, 0) is 18.1 Å². The number of ether oxygens (including phenoxy) is 1. The molecule has 4 heteroatoms. The second-order valence-electron chi connectivity index (χ2n) is 4.05. The molecular weight excluding hydrogens is 232 g/mol. The van der Waals surface area contributed by atoms with Gasteiger partial charge in [0.1, 0.15) is 0 Å². The summed E-state index contributed by atoms with van der Waals surface area (Å²) in [4.78, 5) is 21.6. The first-order valence-electron chi connectivity index (χ1n) is 5.61. The van der Waals surface area contributed by atoms with Gasteiger partial charge in [0.2, 0.25) is 0 Å². The Kier molecular flexibility index (Phi) is 5.11. The van der Waals surface area contributed by atoms with Crippen molar-refractivity contribution in [1.29, 1.82) is 0 Å². The van der Waals surface area contributed by atoms with Crippen molar-refractivity contribution in [1.82, 2.24) is 0 Å². The van der Waals surface area contributed by atoms with Crippen LogP contribution in [-0.4, -0.2) is 23.7 Å². The highest BCUT2D eigenvalue weighted by Crippen LogP contribution is 2.06. The Labute approximate surface area is 106 Å². The topological polar surface area (TPSA) is 63.6 Å². The molecule has 0 fully saturated rings. The van der Waals surface area contributed by atoms with E-state index < -0.39 is 11.9 Å². The average molecular weight is 248 g/mol. The molecule has 1 aromatic rings. The van der Waals surface area contributed by atoms with E-state index in [0.717, 1.165) is 11.1 Å². The number of hydrogen-bond acceptors (Lipinski definition) is 3. The zero-order valence-electron chi connectivity index (χ0n) is 10.3. The van der Waals surface area contributed by atoms with E-state index in [4.69, 9.17) is 9.84 Å². The number of esters is 1. The number of benzene rings is 1. The van der Waals surface area contributed by atoms with Crippen LogP contribution >= 0.6 is 0 Å². The van der Waals surface area contributed by atoms with Gasteiger partial charge in [0.05, 0.1) is 13.0 Å². The highest BCUT2D eigenvalue weighted by molar-refractivity contribution is 5.86. The molecule has 0 amide bonds. The van der Waals surface area contributed by atoms with Crippen LogP contribution in [0.3, 0.4) is 0 Å². The van der Waals surface area contributed by atoms with Crippen LogP contribution in [0.4, 0.5) is 0 Å². The molecule has 0 aliphatic carbocycles. The number of hydrogen-bond donors (Lipinski definition) is 1. The smallest absolute Gasteiger partial charge is 0.333 e. The SMILES string of the molecule is C=C(C)C(=O)OCCc1ccc(CC(=O)O)cc1. The molecule has 1 N–H and O–H groups in total. The number of rotatable bonds is 6. The molecule has 0 bridgehead atoms. The first kappa shape index (κ1) is 14.0. The van der Waals surface area contributed by atoms with Gasteiger partial charge in [-0.25, -0.2) is 4.79 Å². The van der Waals surface area contributed by atoms with Crippen LogP contribution < -0.4 is 0 Å². The Bertz CT molecular complexity index is 445. The summed E-state index contributed by atoms with van der Waals surface area (Å²) in [6.07, 6.45) is 0.622. The first-order chi connectivity index (χ1) is 8.49. The molecule has 0 heterocycles. The maximum Gasteiger partial charge on any atom is 0.333 e. The van der Waals surface area contributed by atoms with E-state index in [1.807, 2.05) is 12.1 Å². The molecule has 0 saturated carbocycles. The normalized spacial score (nSPS) is 9.83. The molecule has 0 saturated heterocycles. The van der Waals surface area contributed by atoms with Crippen molar-refractivity contribution in [2.75, 3.05) is 6.61 Å². The number of carboxylic acids is 1. The van der Waals surface area contributed by atoms with E-state index in [2.05, 4.69) is 6.58 Å². The molecule has 0 radical (unpaired) electrons. The lowest BCUT2D eigenvalue weighted by Gasteiger charge is -2.05. The van der Waals surface area contributed by atoms with Gasteiger partial charge in [-0.15, -0.1) is 0 Å². The Morgan fingerprint density at radius 1 is 1.22 bits per heavy atom. The summed E-state index contributed by atoms with van der Waals surface area (Å²) >= 11 is 0. The zero-order valence-corrected chi connectivity index (χ0v) is 10.3. The monoisotopic (exact) mass is 248 g/mol. The minimum absolute atomic E-state index is 0.0188. The van der Waals surface area contributed by atoms with Crippen molar-refractivity contribution >= 4 is 11.9 Å². The molecule has 1 aromatic carbocycles. The highest BCUT2D eigenvalue weighted by atomic mass is 16.5. The molecular formula is C14H16O4. The average Bonchev–Trinajstić information content (AvgIpc) is 2.30. The van der Waals surface area contributed by atoms with Gasteiger partial charge in [-0.1, -0.05) is 30.8 Å². The Morgan fingerprint density at radius 2 is 1.78 bits per heavy atom. The lowest BCUT2D eigenvalue weighted by Crippen LogP contribution is -2.08. The fourth-order valence-electron chi connectivity index (χ4n) is 1.38. The van der Waals surface area contributed by atoms with Gasteiger partial charge < -0.3 is 9.84 Å². The fourth-order valence-corrected chi connectivity index (χ4v) is 1.38. The Hall–Kier alpha value is -2.10. The lowest BCUT2D eigenvalue weighted by molar-refractivity contribution is -0.139. The van der Waals surface area contributed by atoms with Crippen LogP contribution in [0.25, 0.3) is 0 Å². The van der Waals surface area contributed by atoms with Crippen LogP contribution in [0.15, 0.2) is 36.4 Å². The van der Waals surface area contributed by atoms with Crippen molar-refractivity contribution in [3.8, 4) is 0 Å². The van der Waals surface area contributed by atoms with Gasteiger partial charge in [0.15, 0.2) is 0 Å². The van der Waals surface area contributed by atoms with Gasteiger partial charge in [-0.2, -0.15) is 0 Å². The van der Waals surface area contributed by atoms with Gasteiger partial charge in [0.25, 0.3) is 0 Å². The van der Waals surface area contributed by atoms with Crippen LogP contribution in [-0.2, 0) is 27.2 Å². The van der Waals surface area contributed by atoms with Gasteiger partial charge in [-0.3, -0.25) is 4.79 Å².